The maximum Gasteiger partial charge on any atom is 0.230 e. The Kier molecular flexibility index (Phi) is 6.75. The van der Waals surface area contributed by atoms with Gasteiger partial charge in [-0.3, -0.25) is 9.59 Å². The van der Waals surface area contributed by atoms with Crippen LogP contribution in [-0.2, 0) is 16.0 Å². The van der Waals surface area contributed by atoms with Gasteiger partial charge in [-0.15, -0.1) is 0 Å². The van der Waals surface area contributed by atoms with Gasteiger partial charge in [-0.1, -0.05) is 16.8 Å². The van der Waals surface area contributed by atoms with Crippen molar-refractivity contribution in [3.8, 4) is 11.4 Å². The molecule has 8 nitrogen and oxygen atoms in total. The summed E-state index contributed by atoms with van der Waals surface area (Å²) in [6.07, 6.45) is 3.39. The fraction of sp³-hybridized carbons (Fsp3) is 0.318. The van der Waals surface area contributed by atoms with E-state index in [-0.39, 0.29) is 36.4 Å². The number of hydrogen-bond acceptors (Lipinski definition) is 6. The number of nitrogens with one attached hydrogen (secondary N) is 1. The van der Waals surface area contributed by atoms with E-state index in [0.29, 0.717) is 47.6 Å². The number of piperidine rings is 1. The number of aromatic nitrogens is 3. The second-order valence-corrected chi connectivity index (χ2v) is 7.98. The molecule has 1 fully saturated rings. The van der Waals surface area contributed by atoms with Crippen molar-refractivity contribution >= 4 is 29.2 Å². The summed E-state index contributed by atoms with van der Waals surface area (Å²) in [4.78, 5) is 35.3. The highest BCUT2D eigenvalue weighted by atomic mass is 35.5. The molecule has 2 aromatic heterocycles. The van der Waals surface area contributed by atoms with Crippen LogP contribution in [0, 0.1) is 11.7 Å². The van der Waals surface area contributed by atoms with Gasteiger partial charge in [0, 0.05) is 37.7 Å². The van der Waals surface area contributed by atoms with Crippen LogP contribution in [0.25, 0.3) is 11.4 Å². The fourth-order valence-electron chi connectivity index (χ4n) is 3.54. The quantitative estimate of drug-likeness (QED) is 0.605. The minimum atomic E-state index is -0.346. The van der Waals surface area contributed by atoms with Crippen molar-refractivity contribution in [1.29, 1.82) is 0 Å². The zero-order valence-electron chi connectivity index (χ0n) is 17.1. The molecule has 0 spiro atoms. The van der Waals surface area contributed by atoms with Gasteiger partial charge < -0.3 is 14.7 Å². The Morgan fingerprint density at radius 3 is 2.78 bits per heavy atom. The van der Waals surface area contributed by atoms with Crippen LogP contribution in [0.5, 0.6) is 0 Å². The van der Waals surface area contributed by atoms with Crippen LogP contribution >= 0.6 is 11.6 Å². The summed E-state index contributed by atoms with van der Waals surface area (Å²) in [5.74, 6) is 0.207. The van der Waals surface area contributed by atoms with E-state index in [0.717, 1.165) is 6.42 Å². The number of pyridine rings is 1. The van der Waals surface area contributed by atoms with E-state index in [1.807, 2.05) is 0 Å². The number of aryl methyl sites for hydroxylation is 1. The lowest BCUT2D eigenvalue weighted by molar-refractivity contribution is -0.134. The Hall–Kier alpha value is -3.33. The lowest BCUT2D eigenvalue weighted by Gasteiger charge is -2.32. The third kappa shape index (κ3) is 5.47. The van der Waals surface area contributed by atoms with Crippen LogP contribution in [0.1, 0.15) is 25.2 Å². The maximum atomic E-state index is 13.1. The predicted molar refractivity (Wildman–Crippen MR) is 115 cm³/mol. The molecule has 3 heterocycles. The van der Waals surface area contributed by atoms with E-state index in [2.05, 4.69) is 20.4 Å². The average Bonchev–Trinajstić information content (AvgIpc) is 3.28. The summed E-state index contributed by atoms with van der Waals surface area (Å²) in [6.45, 7) is 0.954. The molecule has 4 rings (SSSR count). The number of hydrogen-bond donors (Lipinski definition) is 1. The first kappa shape index (κ1) is 21.9. The van der Waals surface area contributed by atoms with Gasteiger partial charge in [0.05, 0.1) is 10.9 Å². The molecule has 0 radical (unpaired) electrons. The van der Waals surface area contributed by atoms with Crippen LogP contribution in [0.3, 0.4) is 0 Å². The van der Waals surface area contributed by atoms with E-state index in [1.165, 1.54) is 18.3 Å². The van der Waals surface area contributed by atoms with E-state index in [9.17, 15) is 14.0 Å². The molecule has 166 valence electrons. The molecule has 3 aromatic rings. The van der Waals surface area contributed by atoms with Crippen molar-refractivity contribution < 1.29 is 18.5 Å². The molecule has 0 aliphatic carbocycles. The molecule has 2 amide bonds. The van der Waals surface area contributed by atoms with E-state index >= 15 is 0 Å². The van der Waals surface area contributed by atoms with Crippen LogP contribution in [0.15, 0.2) is 47.1 Å². The first-order valence-corrected chi connectivity index (χ1v) is 10.6. The van der Waals surface area contributed by atoms with Gasteiger partial charge in [-0.25, -0.2) is 9.37 Å². The molecule has 0 bridgehead atoms. The van der Waals surface area contributed by atoms with Crippen LogP contribution < -0.4 is 5.32 Å². The van der Waals surface area contributed by atoms with Gasteiger partial charge in [-0.2, -0.15) is 4.98 Å². The molecular formula is C22H21ClFN5O3. The molecule has 32 heavy (non-hydrogen) atoms. The van der Waals surface area contributed by atoms with Crippen molar-refractivity contribution in [3.05, 3.63) is 59.3 Å². The SMILES string of the molecule is O=C(Nc1ccc(Cl)cn1)C1CCCN(C(=O)CCc2nc(-c3ccc(F)cc3)no2)C1. The number of halogens is 2. The number of carbonyl (C=O) groups excluding carboxylic acids is 2. The summed E-state index contributed by atoms with van der Waals surface area (Å²) in [7, 11) is 0. The van der Waals surface area contributed by atoms with Crippen LogP contribution in [0.4, 0.5) is 10.2 Å². The first-order chi connectivity index (χ1) is 15.5. The maximum absolute atomic E-state index is 13.1. The fourth-order valence-corrected chi connectivity index (χ4v) is 3.65. The molecule has 1 N–H and O–H groups in total. The lowest BCUT2D eigenvalue weighted by atomic mass is 9.96. The van der Waals surface area contributed by atoms with Gasteiger partial charge in [0.1, 0.15) is 11.6 Å². The van der Waals surface area contributed by atoms with Crippen LogP contribution in [-0.4, -0.2) is 44.9 Å². The van der Waals surface area contributed by atoms with E-state index < -0.39 is 0 Å². The van der Waals surface area contributed by atoms with Crippen molar-refractivity contribution in [2.75, 3.05) is 18.4 Å². The summed E-state index contributed by atoms with van der Waals surface area (Å²) in [5.41, 5.74) is 0.632. The Balaban J connectivity index is 1.29. The number of amides is 2. The minimum Gasteiger partial charge on any atom is -0.342 e. The van der Waals surface area contributed by atoms with Crippen molar-refractivity contribution in [2.45, 2.75) is 25.7 Å². The van der Waals surface area contributed by atoms with Crippen molar-refractivity contribution in [1.82, 2.24) is 20.0 Å². The minimum absolute atomic E-state index is 0.0753. The lowest BCUT2D eigenvalue weighted by Crippen LogP contribution is -2.43. The second kappa shape index (κ2) is 9.86. The Bertz CT molecular complexity index is 1090. The largest absolute Gasteiger partial charge is 0.342 e. The van der Waals surface area contributed by atoms with E-state index in [4.69, 9.17) is 16.1 Å². The topological polar surface area (TPSA) is 101 Å². The summed E-state index contributed by atoms with van der Waals surface area (Å²) in [6, 6.07) is 9.05. The second-order valence-electron chi connectivity index (χ2n) is 7.55. The standard InChI is InChI=1S/C22H21ClFN5O3/c23-16-5-8-18(25-12-16)26-22(31)15-2-1-11-29(13-15)20(30)10-9-19-27-21(28-32-19)14-3-6-17(24)7-4-14/h3-8,12,15H,1-2,9-11,13H2,(H,25,26,31). The predicted octanol–water partition coefficient (Wildman–Crippen LogP) is 3.73. The molecule has 1 aliphatic heterocycles. The average molecular weight is 458 g/mol. The zero-order chi connectivity index (χ0) is 22.5. The number of nitrogens with zero attached hydrogens (tertiary/aromatic N) is 4. The highest BCUT2D eigenvalue weighted by Crippen LogP contribution is 2.21. The normalized spacial score (nSPS) is 16.1. The monoisotopic (exact) mass is 457 g/mol. The Morgan fingerprint density at radius 2 is 2.03 bits per heavy atom. The van der Waals surface area contributed by atoms with E-state index in [1.54, 1.807) is 29.2 Å². The third-order valence-electron chi connectivity index (χ3n) is 5.25. The van der Waals surface area contributed by atoms with Crippen LogP contribution in [0.2, 0.25) is 5.02 Å². The van der Waals surface area contributed by atoms with Gasteiger partial charge in [0.25, 0.3) is 0 Å². The first-order valence-electron chi connectivity index (χ1n) is 10.3. The summed E-state index contributed by atoms with van der Waals surface area (Å²) < 4.78 is 18.3. The Labute approximate surface area is 188 Å². The smallest absolute Gasteiger partial charge is 0.230 e. The molecule has 1 aromatic carbocycles. The number of rotatable bonds is 6. The summed E-state index contributed by atoms with van der Waals surface area (Å²) in [5, 5.41) is 7.15. The third-order valence-corrected chi connectivity index (χ3v) is 5.47. The number of benzene rings is 1. The molecule has 1 unspecified atom stereocenters. The molecular weight excluding hydrogens is 437 g/mol. The molecule has 10 heteroatoms. The van der Waals surface area contributed by atoms with Gasteiger partial charge in [0.2, 0.25) is 23.5 Å². The molecule has 1 saturated heterocycles. The van der Waals surface area contributed by atoms with Crippen molar-refractivity contribution in [2.24, 2.45) is 5.92 Å². The Morgan fingerprint density at radius 1 is 1.22 bits per heavy atom. The van der Waals surface area contributed by atoms with Gasteiger partial charge in [-0.05, 0) is 49.2 Å². The number of carbonyl (C=O) groups is 2. The van der Waals surface area contributed by atoms with Gasteiger partial charge in [0.15, 0.2) is 0 Å². The zero-order valence-corrected chi connectivity index (χ0v) is 17.9. The van der Waals surface area contributed by atoms with Crippen molar-refractivity contribution in [3.63, 3.8) is 0 Å². The number of anilines is 1. The molecule has 1 aliphatic rings. The summed E-state index contributed by atoms with van der Waals surface area (Å²) >= 11 is 5.81. The molecule has 1 atom stereocenters. The number of likely N-dealkylation sites (tertiary alicyclic amines) is 1. The highest BCUT2D eigenvalue weighted by Gasteiger charge is 2.28. The highest BCUT2D eigenvalue weighted by molar-refractivity contribution is 6.30. The molecule has 0 saturated carbocycles. The van der Waals surface area contributed by atoms with Gasteiger partial charge >= 0.3 is 0 Å².